The fourth-order valence-corrected chi connectivity index (χ4v) is 7.96. The predicted molar refractivity (Wildman–Crippen MR) is 111 cm³/mol. The first-order chi connectivity index (χ1) is 13.4. The van der Waals surface area contributed by atoms with E-state index >= 15 is 0 Å². The minimum Gasteiger partial charge on any atom is -0.468 e. The number of benzene rings is 1. The Balaban J connectivity index is 1.56. The van der Waals surface area contributed by atoms with Crippen molar-refractivity contribution in [2.24, 2.45) is 34.5 Å². The number of rotatable bonds is 2. The van der Waals surface area contributed by atoms with Gasteiger partial charge in [-0.1, -0.05) is 45.4 Å². The Bertz CT molecular complexity index is 763. The molecule has 1 amide bonds. The summed E-state index contributed by atoms with van der Waals surface area (Å²) < 4.78 is 6.74. The maximum absolute atomic E-state index is 12.6. The summed E-state index contributed by atoms with van der Waals surface area (Å²) in [6.45, 7) is 7.41. The van der Waals surface area contributed by atoms with Gasteiger partial charge in [0.2, 0.25) is 5.91 Å². The first-order valence-electron chi connectivity index (χ1n) is 11.4. The molecule has 3 saturated carbocycles. The van der Waals surface area contributed by atoms with E-state index in [-0.39, 0.29) is 11.3 Å². The molecule has 1 aliphatic heterocycles. The Morgan fingerprint density at radius 2 is 1.82 bits per heavy atom. The van der Waals surface area contributed by atoms with Crippen LogP contribution in [0.2, 0.25) is 0 Å². The lowest BCUT2D eigenvalue weighted by molar-refractivity contribution is -0.217. The van der Waals surface area contributed by atoms with Gasteiger partial charge in [-0.05, 0) is 73.3 Å². The molecule has 0 aromatic heterocycles. The highest BCUT2D eigenvalue weighted by atomic mass is 16.5. The number of hydrogen-bond acceptors (Lipinski definition) is 2. The van der Waals surface area contributed by atoms with E-state index in [2.05, 4.69) is 26.1 Å². The minimum absolute atomic E-state index is 0.00213. The van der Waals surface area contributed by atoms with Crippen molar-refractivity contribution in [3.63, 3.8) is 0 Å². The zero-order valence-corrected chi connectivity index (χ0v) is 17.7. The fraction of sp³-hybridized carbons (Fsp3) is 0.720. The molecule has 0 radical (unpaired) electrons. The summed E-state index contributed by atoms with van der Waals surface area (Å²) in [5.41, 5.74) is -0.0293. The van der Waals surface area contributed by atoms with Gasteiger partial charge >= 0.3 is 0 Å². The molecule has 4 aliphatic rings. The zero-order chi connectivity index (χ0) is 19.6. The molecular formula is C25H35NO2. The van der Waals surface area contributed by atoms with E-state index in [1.165, 1.54) is 32.1 Å². The van der Waals surface area contributed by atoms with E-state index in [0.29, 0.717) is 23.7 Å². The van der Waals surface area contributed by atoms with Crippen molar-refractivity contribution in [3.05, 3.63) is 30.3 Å². The van der Waals surface area contributed by atoms with Crippen LogP contribution in [0.4, 0.5) is 0 Å². The lowest BCUT2D eigenvalue weighted by Crippen LogP contribution is -2.73. The van der Waals surface area contributed by atoms with Crippen LogP contribution < -0.4 is 10.1 Å². The van der Waals surface area contributed by atoms with E-state index < -0.39 is 5.72 Å². The van der Waals surface area contributed by atoms with Gasteiger partial charge in [0, 0.05) is 18.3 Å². The number of carbonyl (C=O) groups excluding carboxylic acids is 1. The summed E-state index contributed by atoms with van der Waals surface area (Å²) in [5, 5.41) is 3.39. The molecule has 1 saturated heterocycles. The van der Waals surface area contributed by atoms with Crippen molar-refractivity contribution in [1.82, 2.24) is 5.32 Å². The van der Waals surface area contributed by atoms with Gasteiger partial charge in [-0.3, -0.25) is 4.79 Å². The number of nitrogens with one attached hydrogen (secondary N) is 1. The smallest absolute Gasteiger partial charge is 0.223 e. The summed E-state index contributed by atoms with van der Waals surface area (Å²) in [6.07, 6.45) is 9.35. The largest absolute Gasteiger partial charge is 0.468 e. The number of para-hydroxylation sites is 1. The molecule has 28 heavy (non-hydrogen) atoms. The van der Waals surface area contributed by atoms with Gasteiger partial charge in [-0.2, -0.15) is 0 Å². The summed E-state index contributed by atoms with van der Waals surface area (Å²) in [7, 11) is 0. The third kappa shape index (κ3) is 2.50. The lowest BCUT2D eigenvalue weighted by atomic mass is 9.44. The monoisotopic (exact) mass is 381 g/mol. The number of amides is 1. The van der Waals surface area contributed by atoms with Crippen molar-refractivity contribution in [2.45, 2.75) is 77.9 Å². The highest BCUT2D eigenvalue weighted by Crippen LogP contribution is 2.67. The first-order valence-corrected chi connectivity index (χ1v) is 11.4. The second kappa shape index (κ2) is 6.24. The van der Waals surface area contributed by atoms with Crippen LogP contribution in [0.5, 0.6) is 5.75 Å². The van der Waals surface area contributed by atoms with Crippen molar-refractivity contribution in [2.75, 3.05) is 0 Å². The molecule has 5 rings (SSSR count). The summed E-state index contributed by atoms with van der Waals surface area (Å²) in [6, 6.07) is 10.1. The number of hydrogen-bond donors (Lipinski definition) is 1. The molecule has 2 unspecified atom stereocenters. The highest BCUT2D eigenvalue weighted by molar-refractivity contribution is 5.78. The Hall–Kier alpha value is -1.51. The SMILES string of the molecule is CC1CC2(Oc3ccccc3)NC(=O)CC[C@]2(C)[C@@H]2CC[C@]3(C)CCC[C@H]3[C@H]12. The van der Waals surface area contributed by atoms with Crippen LogP contribution in [0.15, 0.2) is 30.3 Å². The van der Waals surface area contributed by atoms with Gasteiger partial charge in [-0.15, -0.1) is 0 Å². The number of piperidine rings is 1. The fourth-order valence-electron chi connectivity index (χ4n) is 7.96. The molecule has 3 aliphatic carbocycles. The van der Waals surface area contributed by atoms with Gasteiger partial charge in [0.1, 0.15) is 5.75 Å². The third-order valence-electron chi connectivity index (χ3n) is 9.37. The van der Waals surface area contributed by atoms with Crippen LogP contribution in [0, 0.1) is 34.5 Å². The third-order valence-corrected chi connectivity index (χ3v) is 9.37. The molecule has 4 fully saturated rings. The molecular weight excluding hydrogens is 346 g/mol. The van der Waals surface area contributed by atoms with Gasteiger partial charge in [0.25, 0.3) is 0 Å². The minimum atomic E-state index is -0.573. The molecule has 7 atom stereocenters. The quantitative estimate of drug-likeness (QED) is 0.729. The van der Waals surface area contributed by atoms with Crippen LogP contribution in [0.3, 0.4) is 0 Å². The van der Waals surface area contributed by atoms with Gasteiger partial charge in [0.05, 0.1) is 0 Å². The van der Waals surface area contributed by atoms with Gasteiger partial charge in [0.15, 0.2) is 5.72 Å². The van der Waals surface area contributed by atoms with Crippen molar-refractivity contribution >= 4 is 5.91 Å². The standard InChI is InChI=1S/C25H35NO2/c1-17-16-25(28-18-8-5-4-6-9-18)24(3,15-12-21(27)26-25)20-11-14-23(2)13-7-10-19(23)22(17)20/h4-6,8-9,17,19-20,22H,7,10-16H2,1-3H3,(H,26,27)/t17?,19-,20+,22-,23-,24+,25?/m0/s1. The van der Waals surface area contributed by atoms with Crippen LogP contribution in [-0.2, 0) is 4.79 Å². The van der Waals surface area contributed by atoms with E-state index in [1.54, 1.807) is 0 Å². The lowest BCUT2D eigenvalue weighted by Gasteiger charge is -2.65. The van der Waals surface area contributed by atoms with Crippen molar-refractivity contribution < 1.29 is 9.53 Å². The molecule has 1 heterocycles. The predicted octanol–water partition coefficient (Wildman–Crippen LogP) is 5.55. The van der Waals surface area contributed by atoms with Crippen molar-refractivity contribution in [3.8, 4) is 5.75 Å². The molecule has 152 valence electrons. The van der Waals surface area contributed by atoms with Crippen LogP contribution >= 0.6 is 0 Å². The highest BCUT2D eigenvalue weighted by Gasteiger charge is 2.67. The first kappa shape index (κ1) is 18.5. The van der Waals surface area contributed by atoms with E-state index in [4.69, 9.17) is 4.74 Å². The van der Waals surface area contributed by atoms with Crippen LogP contribution in [-0.4, -0.2) is 11.6 Å². The summed E-state index contributed by atoms with van der Waals surface area (Å²) in [5.74, 6) is 3.86. The average Bonchev–Trinajstić information content (AvgIpc) is 3.06. The topological polar surface area (TPSA) is 38.3 Å². The van der Waals surface area contributed by atoms with E-state index in [9.17, 15) is 4.79 Å². The molecule has 1 aromatic rings. The summed E-state index contributed by atoms with van der Waals surface area (Å²) in [4.78, 5) is 12.6. The van der Waals surface area contributed by atoms with E-state index in [1.807, 2.05) is 30.3 Å². The normalized spacial score (nSPS) is 47.5. The molecule has 1 aromatic carbocycles. The molecule has 0 spiro atoms. The Morgan fingerprint density at radius 3 is 2.61 bits per heavy atom. The van der Waals surface area contributed by atoms with Gasteiger partial charge in [-0.25, -0.2) is 0 Å². The number of fused-ring (bicyclic) bond motifs is 5. The van der Waals surface area contributed by atoms with Crippen LogP contribution in [0.1, 0.15) is 72.1 Å². The van der Waals surface area contributed by atoms with E-state index in [0.717, 1.165) is 30.4 Å². The average molecular weight is 382 g/mol. The Labute approximate surface area is 169 Å². The maximum Gasteiger partial charge on any atom is 0.223 e. The Morgan fingerprint density at radius 1 is 1.04 bits per heavy atom. The second-order valence-electron chi connectivity index (χ2n) is 10.8. The zero-order valence-electron chi connectivity index (χ0n) is 17.7. The molecule has 3 heteroatoms. The number of carbonyl (C=O) groups is 1. The Kier molecular flexibility index (Phi) is 4.13. The van der Waals surface area contributed by atoms with Crippen LogP contribution in [0.25, 0.3) is 0 Å². The molecule has 1 N–H and O–H groups in total. The van der Waals surface area contributed by atoms with Gasteiger partial charge < -0.3 is 10.1 Å². The summed E-state index contributed by atoms with van der Waals surface area (Å²) >= 11 is 0. The molecule has 3 nitrogen and oxygen atoms in total. The second-order valence-corrected chi connectivity index (χ2v) is 10.8. The maximum atomic E-state index is 12.6. The number of ether oxygens (including phenoxy) is 1. The molecule has 0 bridgehead atoms. The van der Waals surface area contributed by atoms with Crippen molar-refractivity contribution in [1.29, 1.82) is 0 Å².